The topological polar surface area (TPSA) is 41.6 Å². The van der Waals surface area contributed by atoms with Crippen molar-refractivity contribution < 1.29 is 9.53 Å². The first-order valence-electron chi connectivity index (χ1n) is 5.41. The second kappa shape index (κ2) is 6.69. The molecular formula is C10H19ClN2O2S. The van der Waals surface area contributed by atoms with Crippen LogP contribution in [0.25, 0.3) is 0 Å². The van der Waals surface area contributed by atoms with Gasteiger partial charge in [-0.3, -0.25) is 10.1 Å². The van der Waals surface area contributed by atoms with Gasteiger partial charge in [0.2, 0.25) is 5.91 Å². The Morgan fingerprint density at radius 3 is 3.00 bits per heavy atom. The molecule has 0 aromatic heterocycles. The van der Waals surface area contributed by atoms with Crippen molar-refractivity contribution >= 4 is 30.1 Å². The zero-order valence-electron chi connectivity index (χ0n) is 9.48. The summed E-state index contributed by atoms with van der Waals surface area (Å²) in [4.78, 5) is 13.8. The number of carbonyl (C=O) groups excluding carboxylic acids is 1. The van der Waals surface area contributed by atoms with Gasteiger partial charge in [-0.2, -0.15) is 0 Å². The van der Waals surface area contributed by atoms with Crippen LogP contribution in [-0.4, -0.2) is 55.3 Å². The van der Waals surface area contributed by atoms with Crippen LogP contribution >= 0.6 is 24.2 Å². The number of hydrogen-bond donors (Lipinski definition) is 1. The average molecular weight is 267 g/mol. The molecule has 0 aliphatic carbocycles. The van der Waals surface area contributed by atoms with E-state index in [2.05, 4.69) is 5.32 Å². The van der Waals surface area contributed by atoms with Gasteiger partial charge in [0.15, 0.2) is 0 Å². The molecule has 0 aromatic carbocycles. The van der Waals surface area contributed by atoms with Gasteiger partial charge >= 0.3 is 0 Å². The maximum absolute atomic E-state index is 11.9. The first-order chi connectivity index (χ1) is 7.27. The van der Waals surface area contributed by atoms with E-state index >= 15 is 0 Å². The fourth-order valence-electron chi connectivity index (χ4n) is 2.02. The highest BCUT2D eigenvalue weighted by molar-refractivity contribution is 7.99. The molecule has 2 unspecified atom stereocenters. The molecule has 2 aliphatic rings. The Hall–Kier alpha value is 0.0300. The predicted molar refractivity (Wildman–Crippen MR) is 68.1 cm³/mol. The number of hydrogen-bond acceptors (Lipinski definition) is 4. The van der Waals surface area contributed by atoms with Crippen molar-refractivity contribution in [3.63, 3.8) is 0 Å². The van der Waals surface area contributed by atoms with Crippen LogP contribution in [0.1, 0.15) is 6.42 Å². The van der Waals surface area contributed by atoms with Gasteiger partial charge in [-0.15, -0.1) is 24.2 Å². The number of rotatable bonds is 3. The van der Waals surface area contributed by atoms with Crippen molar-refractivity contribution in [2.24, 2.45) is 5.92 Å². The molecule has 2 atom stereocenters. The van der Waals surface area contributed by atoms with E-state index in [0.29, 0.717) is 5.92 Å². The maximum Gasteiger partial charge on any atom is 0.240 e. The minimum atomic E-state index is 0. The summed E-state index contributed by atoms with van der Waals surface area (Å²) >= 11 is 1.79. The normalized spacial score (nSPS) is 28.8. The first kappa shape index (κ1) is 14.1. The number of halogens is 1. The highest BCUT2D eigenvalue weighted by Gasteiger charge is 2.27. The lowest BCUT2D eigenvalue weighted by Gasteiger charge is -2.23. The third-order valence-electron chi connectivity index (χ3n) is 2.95. The third-order valence-corrected chi connectivity index (χ3v) is 3.89. The lowest BCUT2D eigenvalue weighted by molar-refractivity contribution is -0.131. The first-order valence-corrected chi connectivity index (χ1v) is 6.56. The number of ether oxygens (including phenoxy) is 1. The van der Waals surface area contributed by atoms with Gasteiger partial charge in [-0.1, -0.05) is 0 Å². The van der Waals surface area contributed by atoms with Crippen LogP contribution in [0.4, 0.5) is 0 Å². The molecule has 2 fully saturated rings. The summed E-state index contributed by atoms with van der Waals surface area (Å²) in [5.74, 6) is 2.57. The second-order valence-corrected chi connectivity index (χ2v) is 5.25. The van der Waals surface area contributed by atoms with Gasteiger partial charge < -0.3 is 9.64 Å². The van der Waals surface area contributed by atoms with Gasteiger partial charge in [0.25, 0.3) is 0 Å². The molecule has 0 aromatic rings. The zero-order valence-corrected chi connectivity index (χ0v) is 11.1. The summed E-state index contributed by atoms with van der Waals surface area (Å²) < 4.78 is 5.31. The van der Waals surface area contributed by atoms with Gasteiger partial charge in [-0.25, -0.2) is 0 Å². The van der Waals surface area contributed by atoms with E-state index in [-0.39, 0.29) is 24.4 Å². The molecule has 1 N–H and O–H groups in total. The zero-order chi connectivity index (χ0) is 10.7. The molecule has 16 heavy (non-hydrogen) atoms. The van der Waals surface area contributed by atoms with Gasteiger partial charge in [0.05, 0.1) is 12.6 Å². The molecule has 0 spiro atoms. The Balaban J connectivity index is 0.00000128. The smallest absolute Gasteiger partial charge is 0.240 e. The van der Waals surface area contributed by atoms with Gasteiger partial charge in [0.1, 0.15) is 0 Å². The van der Waals surface area contributed by atoms with E-state index in [1.807, 2.05) is 11.9 Å². The summed E-state index contributed by atoms with van der Waals surface area (Å²) in [6, 6.07) is 0.0299. The second-order valence-electron chi connectivity index (χ2n) is 4.22. The molecule has 0 saturated carbocycles. The summed E-state index contributed by atoms with van der Waals surface area (Å²) in [5, 5.41) is 3.20. The predicted octanol–water partition coefficient (Wildman–Crippen LogP) is 0.566. The van der Waals surface area contributed by atoms with Crippen LogP contribution in [0.15, 0.2) is 0 Å². The van der Waals surface area contributed by atoms with E-state index < -0.39 is 0 Å². The van der Waals surface area contributed by atoms with Crippen molar-refractivity contribution in [2.45, 2.75) is 12.5 Å². The molecule has 4 nitrogen and oxygen atoms in total. The van der Waals surface area contributed by atoms with Crippen molar-refractivity contribution in [3.05, 3.63) is 0 Å². The molecule has 0 radical (unpaired) electrons. The van der Waals surface area contributed by atoms with E-state index in [4.69, 9.17) is 4.74 Å². The number of nitrogens with one attached hydrogen (secondary N) is 1. The number of thioether (sulfide) groups is 1. The summed E-state index contributed by atoms with van der Waals surface area (Å²) in [5.41, 5.74) is 0. The minimum absolute atomic E-state index is 0. The molecule has 2 saturated heterocycles. The molecule has 2 heterocycles. The van der Waals surface area contributed by atoms with E-state index in [1.54, 1.807) is 11.8 Å². The highest BCUT2D eigenvalue weighted by atomic mass is 35.5. The Morgan fingerprint density at radius 2 is 2.44 bits per heavy atom. The van der Waals surface area contributed by atoms with Crippen LogP contribution in [-0.2, 0) is 9.53 Å². The van der Waals surface area contributed by atoms with E-state index in [0.717, 1.165) is 37.8 Å². The Bertz CT molecular complexity index is 231. The van der Waals surface area contributed by atoms with Crippen molar-refractivity contribution in [1.82, 2.24) is 10.2 Å². The molecule has 0 bridgehead atoms. The standard InChI is InChI=1S/C10H18N2O2S.ClH/c1-12(4-8-2-3-14-5-8)10(13)9-6-15-7-11-9;/h8-9,11H,2-7H2,1H3;1H. The fourth-order valence-corrected chi connectivity index (χ4v) is 2.96. The summed E-state index contributed by atoms with van der Waals surface area (Å²) in [7, 11) is 1.89. The van der Waals surface area contributed by atoms with Gasteiger partial charge in [0, 0.05) is 37.7 Å². The Labute approximate surface area is 107 Å². The molecule has 94 valence electrons. The fraction of sp³-hybridized carbons (Fsp3) is 0.900. The van der Waals surface area contributed by atoms with Crippen LogP contribution in [0, 0.1) is 5.92 Å². The monoisotopic (exact) mass is 266 g/mol. The summed E-state index contributed by atoms with van der Waals surface area (Å²) in [6.45, 7) is 2.50. The molecule has 1 amide bonds. The van der Waals surface area contributed by atoms with Crippen LogP contribution in [0.2, 0.25) is 0 Å². The van der Waals surface area contributed by atoms with Crippen molar-refractivity contribution in [1.29, 1.82) is 0 Å². The van der Waals surface area contributed by atoms with Crippen LogP contribution in [0.3, 0.4) is 0 Å². The van der Waals surface area contributed by atoms with E-state index in [9.17, 15) is 4.79 Å². The van der Waals surface area contributed by atoms with Crippen molar-refractivity contribution in [2.75, 3.05) is 38.4 Å². The van der Waals surface area contributed by atoms with Crippen LogP contribution in [0.5, 0.6) is 0 Å². The molecule has 2 rings (SSSR count). The highest BCUT2D eigenvalue weighted by Crippen LogP contribution is 2.16. The quantitative estimate of drug-likeness (QED) is 0.811. The average Bonchev–Trinajstić information content (AvgIpc) is 2.88. The summed E-state index contributed by atoms with van der Waals surface area (Å²) in [6.07, 6.45) is 1.09. The molecular weight excluding hydrogens is 248 g/mol. The van der Waals surface area contributed by atoms with Gasteiger partial charge in [-0.05, 0) is 6.42 Å². The third kappa shape index (κ3) is 3.52. The Morgan fingerprint density at radius 1 is 1.62 bits per heavy atom. The van der Waals surface area contributed by atoms with Crippen LogP contribution < -0.4 is 5.32 Å². The maximum atomic E-state index is 11.9. The van der Waals surface area contributed by atoms with E-state index in [1.165, 1.54) is 0 Å². The number of likely N-dealkylation sites (N-methyl/N-ethyl adjacent to an activating group) is 1. The number of nitrogens with zero attached hydrogens (tertiary/aromatic N) is 1. The number of carbonyl (C=O) groups is 1. The minimum Gasteiger partial charge on any atom is -0.381 e. The molecule has 2 aliphatic heterocycles. The molecule has 6 heteroatoms. The lowest BCUT2D eigenvalue weighted by atomic mass is 10.1. The number of amides is 1. The largest absolute Gasteiger partial charge is 0.381 e. The SMILES string of the molecule is CN(CC1CCOC1)C(=O)C1CSCN1.Cl. The Kier molecular flexibility index (Phi) is 5.89. The lowest BCUT2D eigenvalue weighted by Crippen LogP contribution is -2.44. The van der Waals surface area contributed by atoms with Crippen molar-refractivity contribution in [3.8, 4) is 0 Å².